The molecule has 0 aliphatic rings. The lowest BCUT2D eigenvalue weighted by atomic mass is 10.0. The number of benzene rings is 1. The highest BCUT2D eigenvalue weighted by atomic mass is 79.9. The van der Waals surface area contributed by atoms with Crippen LogP contribution in [0, 0.1) is 13.8 Å². The molecule has 0 saturated carbocycles. The molecule has 0 fully saturated rings. The molecule has 2 aromatic rings. The molecule has 0 radical (unpaired) electrons. The summed E-state index contributed by atoms with van der Waals surface area (Å²) in [4.78, 5) is 10.6. The smallest absolute Gasteiger partial charge is 0.185 e. The zero-order valence-electron chi connectivity index (χ0n) is 9.38. The molecule has 0 aliphatic heterocycles. The Morgan fingerprint density at radius 3 is 2.65 bits per heavy atom. The van der Waals surface area contributed by atoms with E-state index in [-0.39, 0.29) is 0 Å². The molecule has 1 heterocycles. The van der Waals surface area contributed by atoms with Crippen molar-refractivity contribution in [3.05, 3.63) is 44.6 Å². The maximum absolute atomic E-state index is 10.6. The van der Waals surface area contributed by atoms with Crippen molar-refractivity contribution in [2.24, 2.45) is 0 Å². The van der Waals surface area contributed by atoms with Crippen molar-refractivity contribution in [3.63, 3.8) is 0 Å². The summed E-state index contributed by atoms with van der Waals surface area (Å²) in [5, 5.41) is 0.603. The molecule has 0 bridgehead atoms. The Balaban J connectivity index is 2.66. The summed E-state index contributed by atoms with van der Waals surface area (Å²) < 4.78 is 6.29. The molecule has 0 aliphatic carbocycles. The average molecular weight is 314 g/mol. The van der Waals surface area contributed by atoms with E-state index in [9.17, 15) is 4.79 Å². The van der Waals surface area contributed by atoms with Gasteiger partial charge in [-0.15, -0.1) is 0 Å². The van der Waals surface area contributed by atoms with Crippen LogP contribution in [-0.4, -0.2) is 6.29 Å². The number of furan rings is 1. The van der Waals surface area contributed by atoms with Crippen LogP contribution in [0.25, 0.3) is 11.3 Å². The molecular weight excluding hydrogens is 303 g/mol. The van der Waals surface area contributed by atoms with Gasteiger partial charge < -0.3 is 4.42 Å². The Morgan fingerprint density at radius 1 is 1.35 bits per heavy atom. The summed E-state index contributed by atoms with van der Waals surface area (Å²) in [5.41, 5.74) is 2.99. The van der Waals surface area contributed by atoms with E-state index >= 15 is 0 Å². The molecule has 4 heteroatoms. The van der Waals surface area contributed by atoms with Crippen LogP contribution in [0.4, 0.5) is 0 Å². The van der Waals surface area contributed by atoms with E-state index < -0.39 is 0 Å². The molecule has 2 nitrogen and oxygen atoms in total. The SMILES string of the molecule is Cc1cc(Cl)c(-c2ccc(C=O)o2)c(Br)c1C. The minimum Gasteiger partial charge on any atom is -0.453 e. The molecule has 0 spiro atoms. The van der Waals surface area contributed by atoms with Crippen LogP contribution < -0.4 is 0 Å². The van der Waals surface area contributed by atoms with E-state index in [4.69, 9.17) is 16.0 Å². The second-order valence-electron chi connectivity index (χ2n) is 3.81. The Morgan fingerprint density at radius 2 is 2.06 bits per heavy atom. The third-order valence-corrected chi connectivity index (χ3v) is 4.00. The fourth-order valence-electron chi connectivity index (χ4n) is 1.61. The number of carbonyl (C=O) groups excluding carboxylic acids is 1. The minimum absolute atomic E-state index is 0.293. The monoisotopic (exact) mass is 312 g/mol. The van der Waals surface area contributed by atoms with Gasteiger partial charge in [0, 0.05) is 4.47 Å². The Labute approximate surface area is 113 Å². The van der Waals surface area contributed by atoms with Crippen LogP contribution in [0.3, 0.4) is 0 Å². The van der Waals surface area contributed by atoms with Crippen molar-refractivity contribution < 1.29 is 9.21 Å². The van der Waals surface area contributed by atoms with E-state index in [1.54, 1.807) is 12.1 Å². The van der Waals surface area contributed by atoms with Crippen molar-refractivity contribution in [2.45, 2.75) is 13.8 Å². The van der Waals surface area contributed by atoms with Gasteiger partial charge in [0.2, 0.25) is 0 Å². The van der Waals surface area contributed by atoms with Gasteiger partial charge in [-0.25, -0.2) is 0 Å². The van der Waals surface area contributed by atoms with Crippen LogP contribution >= 0.6 is 27.5 Å². The van der Waals surface area contributed by atoms with Gasteiger partial charge in [0.1, 0.15) is 5.76 Å². The number of hydrogen-bond acceptors (Lipinski definition) is 2. The van der Waals surface area contributed by atoms with Crippen LogP contribution in [0.5, 0.6) is 0 Å². The summed E-state index contributed by atoms with van der Waals surface area (Å²) in [5.74, 6) is 0.883. The maximum Gasteiger partial charge on any atom is 0.185 e. The zero-order chi connectivity index (χ0) is 12.6. The molecular formula is C13H10BrClO2. The number of aryl methyl sites for hydroxylation is 1. The highest BCUT2D eigenvalue weighted by molar-refractivity contribution is 9.10. The molecule has 88 valence electrons. The molecule has 1 aromatic heterocycles. The van der Waals surface area contributed by atoms with Crippen molar-refractivity contribution in [2.75, 3.05) is 0 Å². The van der Waals surface area contributed by atoms with Gasteiger partial charge in [-0.3, -0.25) is 4.79 Å². The molecule has 1 aromatic carbocycles. The lowest BCUT2D eigenvalue weighted by molar-refractivity contribution is 0.110. The third kappa shape index (κ3) is 2.17. The fourth-order valence-corrected chi connectivity index (χ4v) is 2.80. The Kier molecular flexibility index (Phi) is 3.40. The van der Waals surface area contributed by atoms with E-state index in [0.29, 0.717) is 22.8 Å². The summed E-state index contributed by atoms with van der Waals surface area (Å²) in [6.07, 6.45) is 0.673. The first-order valence-electron chi connectivity index (χ1n) is 5.05. The van der Waals surface area contributed by atoms with E-state index in [2.05, 4.69) is 15.9 Å². The van der Waals surface area contributed by atoms with Gasteiger partial charge in [0.05, 0.1) is 10.6 Å². The van der Waals surface area contributed by atoms with E-state index in [1.807, 2.05) is 19.9 Å². The maximum atomic E-state index is 10.6. The molecule has 0 N–H and O–H groups in total. The predicted molar refractivity (Wildman–Crippen MR) is 71.7 cm³/mol. The largest absolute Gasteiger partial charge is 0.453 e. The molecule has 2 rings (SSSR count). The lowest BCUT2D eigenvalue weighted by Crippen LogP contribution is -1.88. The highest BCUT2D eigenvalue weighted by Crippen LogP contribution is 2.39. The second-order valence-corrected chi connectivity index (χ2v) is 5.01. The van der Waals surface area contributed by atoms with E-state index in [0.717, 1.165) is 21.2 Å². The summed E-state index contributed by atoms with van der Waals surface area (Å²) in [7, 11) is 0. The van der Waals surface area contributed by atoms with Crippen LogP contribution in [0.15, 0.2) is 27.1 Å². The number of rotatable bonds is 2. The lowest BCUT2D eigenvalue weighted by Gasteiger charge is -2.10. The molecule has 0 unspecified atom stereocenters. The molecule has 0 saturated heterocycles. The minimum atomic E-state index is 0.293. The van der Waals surface area contributed by atoms with Gasteiger partial charge in [0.15, 0.2) is 12.0 Å². The van der Waals surface area contributed by atoms with Crippen LogP contribution in [0.1, 0.15) is 21.7 Å². The van der Waals surface area contributed by atoms with Gasteiger partial charge in [-0.1, -0.05) is 11.6 Å². The van der Waals surface area contributed by atoms with Crippen molar-refractivity contribution in [1.29, 1.82) is 0 Å². The first-order valence-corrected chi connectivity index (χ1v) is 6.22. The van der Waals surface area contributed by atoms with Crippen LogP contribution in [0.2, 0.25) is 5.02 Å². The highest BCUT2D eigenvalue weighted by Gasteiger charge is 2.15. The van der Waals surface area contributed by atoms with Crippen LogP contribution in [-0.2, 0) is 0 Å². The predicted octanol–water partition coefficient (Wildman–Crippen LogP) is 4.79. The van der Waals surface area contributed by atoms with Gasteiger partial charge in [-0.05, 0) is 59.1 Å². The van der Waals surface area contributed by atoms with Crippen molar-refractivity contribution >= 4 is 33.8 Å². The average Bonchev–Trinajstić information content (AvgIpc) is 2.74. The standard InChI is InChI=1S/C13H10BrClO2/c1-7-5-10(15)12(13(14)8(7)2)11-4-3-9(6-16)17-11/h3-6H,1-2H3. The van der Waals surface area contributed by atoms with Crippen molar-refractivity contribution in [1.82, 2.24) is 0 Å². The zero-order valence-corrected chi connectivity index (χ0v) is 11.7. The van der Waals surface area contributed by atoms with E-state index in [1.165, 1.54) is 0 Å². The fraction of sp³-hybridized carbons (Fsp3) is 0.154. The number of aldehydes is 1. The summed E-state index contributed by atoms with van der Waals surface area (Å²) in [6.45, 7) is 4.00. The third-order valence-electron chi connectivity index (χ3n) is 2.71. The number of carbonyl (C=O) groups is 1. The second kappa shape index (κ2) is 4.67. The summed E-state index contributed by atoms with van der Waals surface area (Å²) >= 11 is 9.73. The van der Waals surface area contributed by atoms with Gasteiger partial charge in [0.25, 0.3) is 0 Å². The number of halogens is 2. The van der Waals surface area contributed by atoms with Gasteiger partial charge in [-0.2, -0.15) is 0 Å². The molecule has 0 amide bonds. The molecule has 17 heavy (non-hydrogen) atoms. The first-order chi connectivity index (χ1) is 8.04. The number of hydrogen-bond donors (Lipinski definition) is 0. The molecule has 0 atom stereocenters. The topological polar surface area (TPSA) is 30.2 Å². The van der Waals surface area contributed by atoms with Crippen molar-refractivity contribution in [3.8, 4) is 11.3 Å². The van der Waals surface area contributed by atoms with Gasteiger partial charge >= 0.3 is 0 Å². The normalized spacial score (nSPS) is 10.6. The first kappa shape index (κ1) is 12.4. The quantitative estimate of drug-likeness (QED) is 0.746. The summed E-state index contributed by atoms with van der Waals surface area (Å²) in [6, 6.07) is 5.25. The Hall–Kier alpha value is -1.06. The Bertz CT molecular complexity index is 587.